The molecule has 29 heavy (non-hydrogen) atoms. The van der Waals surface area contributed by atoms with Crippen LogP contribution in [0.4, 0.5) is 5.69 Å². The summed E-state index contributed by atoms with van der Waals surface area (Å²) >= 11 is 0. The van der Waals surface area contributed by atoms with E-state index in [1.54, 1.807) is 12.3 Å². The van der Waals surface area contributed by atoms with Gasteiger partial charge < -0.3 is 9.30 Å². The molecule has 0 aliphatic carbocycles. The Hall–Kier alpha value is -4.00. The molecule has 144 valence electrons. The van der Waals surface area contributed by atoms with E-state index in [4.69, 9.17) is 4.74 Å². The quantitative estimate of drug-likeness (QED) is 0.356. The lowest BCUT2D eigenvalue weighted by Crippen LogP contribution is -2.02. The average molecular weight is 386 g/mol. The molecule has 0 atom stereocenters. The van der Waals surface area contributed by atoms with E-state index in [1.165, 1.54) is 6.07 Å². The van der Waals surface area contributed by atoms with E-state index in [0.29, 0.717) is 17.8 Å². The van der Waals surface area contributed by atoms with Crippen LogP contribution in [0.3, 0.4) is 0 Å². The fourth-order valence-corrected chi connectivity index (χ4v) is 2.93. The van der Waals surface area contributed by atoms with Crippen LogP contribution in [0, 0.1) is 10.1 Å². The first-order chi connectivity index (χ1) is 14.1. The Kier molecular flexibility index (Phi) is 5.03. The topological polar surface area (TPSA) is 83.1 Å². The lowest BCUT2D eigenvalue weighted by atomic mass is 10.1. The second-order valence-electron chi connectivity index (χ2n) is 6.49. The van der Waals surface area contributed by atoms with Gasteiger partial charge in [-0.15, -0.1) is 0 Å². The van der Waals surface area contributed by atoms with Crippen molar-refractivity contribution in [3.05, 3.63) is 94.2 Å². The molecule has 0 unspecified atom stereocenters. The molecule has 0 aliphatic rings. The zero-order chi connectivity index (χ0) is 20.2. The number of ether oxygens (including phenoxy) is 1. The van der Waals surface area contributed by atoms with Crippen LogP contribution in [0.5, 0.6) is 5.75 Å². The van der Waals surface area contributed by atoms with Crippen LogP contribution >= 0.6 is 0 Å². The number of non-ortho nitro benzene ring substituents is 1. The summed E-state index contributed by atoms with van der Waals surface area (Å²) in [5.41, 5.74) is 2.02. The summed E-state index contributed by atoms with van der Waals surface area (Å²) in [6.07, 6.45) is 7.36. The summed E-state index contributed by atoms with van der Waals surface area (Å²) in [7, 11) is 1.93. The van der Waals surface area contributed by atoms with E-state index in [2.05, 4.69) is 9.97 Å². The van der Waals surface area contributed by atoms with Gasteiger partial charge in [0.2, 0.25) is 0 Å². The molecule has 0 N–H and O–H groups in total. The van der Waals surface area contributed by atoms with Crippen LogP contribution in [0.15, 0.2) is 67.0 Å². The predicted molar refractivity (Wildman–Crippen MR) is 111 cm³/mol. The maximum Gasteiger partial charge on any atom is 0.295 e. The molecule has 0 bridgehead atoms. The number of fused-ring (bicyclic) bond motifs is 1. The van der Waals surface area contributed by atoms with E-state index >= 15 is 0 Å². The summed E-state index contributed by atoms with van der Waals surface area (Å²) in [4.78, 5) is 19.5. The molecule has 4 aromatic rings. The van der Waals surface area contributed by atoms with Gasteiger partial charge >= 0.3 is 0 Å². The molecule has 0 amide bonds. The monoisotopic (exact) mass is 386 g/mol. The highest BCUT2D eigenvalue weighted by Crippen LogP contribution is 2.24. The molecule has 7 nitrogen and oxygen atoms in total. The Morgan fingerprint density at radius 3 is 2.66 bits per heavy atom. The van der Waals surface area contributed by atoms with Crippen molar-refractivity contribution in [2.75, 3.05) is 0 Å². The highest BCUT2D eigenvalue weighted by molar-refractivity contribution is 5.88. The van der Waals surface area contributed by atoms with Crippen molar-refractivity contribution in [2.45, 2.75) is 6.61 Å². The molecular weight excluding hydrogens is 368 g/mol. The number of nitrogens with zero attached hydrogens (tertiary/aromatic N) is 4. The summed E-state index contributed by atoms with van der Waals surface area (Å²) < 4.78 is 7.66. The maximum atomic E-state index is 11.2. The molecule has 0 aliphatic heterocycles. The standard InChI is InChI=1S/C22H18N4O3/c1-25-14-13-23-21(25)15-29-19-11-6-16(7-12-19)5-9-18-10-8-17-3-2-4-20(26(27)28)22(17)24-18/h2-14H,15H2,1H3. The molecule has 4 rings (SSSR count). The number of aromatic nitrogens is 3. The fraction of sp³-hybridized carbons (Fsp3) is 0.0909. The normalized spacial score (nSPS) is 11.2. The number of pyridine rings is 1. The van der Waals surface area contributed by atoms with Crippen molar-refractivity contribution in [3.63, 3.8) is 0 Å². The molecule has 0 radical (unpaired) electrons. The third-order valence-electron chi connectivity index (χ3n) is 4.53. The van der Waals surface area contributed by atoms with E-state index in [-0.39, 0.29) is 5.69 Å². The van der Waals surface area contributed by atoms with Crippen molar-refractivity contribution >= 4 is 28.7 Å². The zero-order valence-electron chi connectivity index (χ0n) is 15.7. The minimum absolute atomic E-state index is 0.00645. The molecule has 2 heterocycles. The summed E-state index contributed by atoms with van der Waals surface area (Å²) in [5.74, 6) is 1.61. The van der Waals surface area contributed by atoms with Gasteiger partial charge in [-0.25, -0.2) is 9.97 Å². The van der Waals surface area contributed by atoms with Gasteiger partial charge in [-0.1, -0.05) is 36.4 Å². The summed E-state index contributed by atoms with van der Waals surface area (Å²) in [6.45, 7) is 0.401. The fourth-order valence-electron chi connectivity index (χ4n) is 2.93. The van der Waals surface area contributed by atoms with Crippen LogP contribution in [-0.4, -0.2) is 19.5 Å². The van der Waals surface area contributed by atoms with Gasteiger partial charge in [-0.05, 0) is 29.8 Å². The van der Waals surface area contributed by atoms with E-state index < -0.39 is 4.92 Å². The number of rotatable bonds is 6. The number of hydrogen-bond acceptors (Lipinski definition) is 5. The van der Waals surface area contributed by atoms with Crippen LogP contribution in [0.25, 0.3) is 23.1 Å². The average Bonchev–Trinajstić information content (AvgIpc) is 3.15. The number of nitro groups is 1. The van der Waals surface area contributed by atoms with Crippen molar-refractivity contribution in [1.29, 1.82) is 0 Å². The predicted octanol–water partition coefficient (Wildman–Crippen LogP) is 4.63. The van der Waals surface area contributed by atoms with Gasteiger partial charge in [0, 0.05) is 30.9 Å². The second-order valence-corrected chi connectivity index (χ2v) is 6.49. The first-order valence-electron chi connectivity index (χ1n) is 9.01. The number of benzene rings is 2. The third-order valence-corrected chi connectivity index (χ3v) is 4.53. The Morgan fingerprint density at radius 2 is 1.93 bits per heavy atom. The molecular formula is C22H18N4O3. The molecule has 0 saturated carbocycles. The first-order valence-corrected chi connectivity index (χ1v) is 9.01. The van der Waals surface area contributed by atoms with Gasteiger partial charge in [-0.2, -0.15) is 0 Å². The molecule has 7 heteroatoms. The number of para-hydroxylation sites is 1. The number of nitro benzene ring substituents is 1. The SMILES string of the molecule is Cn1ccnc1COc1ccc(C=Cc2ccc3cccc([N+](=O)[O-])c3n2)cc1. The Balaban J connectivity index is 1.48. The minimum atomic E-state index is -0.410. The van der Waals surface area contributed by atoms with Crippen LogP contribution < -0.4 is 4.74 Å². The lowest BCUT2D eigenvalue weighted by molar-refractivity contribution is -0.383. The van der Waals surface area contributed by atoms with Crippen molar-refractivity contribution in [3.8, 4) is 5.75 Å². The third kappa shape index (κ3) is 4.14. The summed E-state index contributed by atoms with van der Waals surface area (Å²) in [6, 6.07) is 16.3. The van der Waals surface area contributed by atoms with Gasteiger partial charge in [0.15, 0.2) is 0 Å². The van der Waals surface area contributed by atoms with Crippen LogP contribution in [0.1, 0.15) is 17.1 Å². The molecule has 0 saturated heterocycles. The molecule has 0 fully saturated rings. The summed E-state index contributed by atoms with van der Waals surface area (Å²) in [5, 5.41) is 12.0. The van der Waals surface area contributed by atoms with E-state index in [1.807, 2.05) is 72.4 Å². The van der Waals surface area contributed by atoms with Crippen molar-refractivity contribution < 1.29 is 9.66 Å². The zero-order valence-corrected chi connectivity index (χ0v) is 15.7. The molecule has 2 aromatic carbocycles. The number of hydrogen-bond donors (Lipinski definition) is 0. The van der Waals surface area contributed by atoms with E-state index in [9.17, 15) is 10.1 Å². The van der Waals surface area contributed by atoms with Crippen molar-refractivity contribution in [2.24, 2.45) is 7.05 Å². The Bertz CT molecular complexity index is 1200. The van der Waals surface area contributed by atoms with E-state index in [0.717, 1.165) is 22.5 Å². The largest absolute Gasteiger partial charge is 0.486 e. The first kappa shape index (κ1) is 18.4. The smallest absolute Gasteiger partial charge is 0.295 e. The van der Waals surface area contributed by atoms with Crippen LogP contribution in [-0.2, 0) is 13.7 Å². The highest BCUT2D eigenvalue weighted by Gasteiger charge is 2.12. The minimum Gasteiger partial charge on any atom is -0.486 e. The van der Waals surface area contributed by atoms with Gasteiger partial charge in [0.25, 0.3) is 5.69 Å². The molecule has 0 spiro atoms. The second kappa shape index (κ2) is 7.93. The van der Waals surface area contributed by atoms with Gasteiger partial charge in [0.1, 0.15) is 23.7 Å². The maximum absolute atomic E-state index is 11.2. The lowest BCUT2D eigenvalue weighted by Gasteiger charge is -2.06. The Labute approximate surface area is 167 Å². The van der Waals surface area contributed by atoms with Gasteiger partial charge in [0.05, 0.1) is 10.6 Å². The Morgan fingerprint density at radius 1 is 1.10 bits per heavy atom. The number of imidazole rings is 1. The van der Waals surface area contributed by atoms with Crippen LogP contribution in [0.2, 0.25) is 0 Å². The van der Waals surface area contributed by atoms with Gasteiger partial charge in [-0.3, -0.25) is 10.1 Å². The molecule has 2 aromatic heterocycles. The van der Waals surface area contributed by atoms with Crippen molar-refractivity contribution in [1.82, 2.24) is 14.5 Å². The number of aryl methyl sites for hydroxylation is 1. The highest BCUT2D eigenvalue weighted by atomic mass is 16.6.